The molecule has 0 saturated heterocycles. The zero-order valence-corrected chi connectivity index (χ0v) is 42.6. The van der Waals surface area contributed by atoms with Gasteiger partial charge in [-0.05, 0) is 96.3 Å². The molecule has 0 bridgehead atoms. The Kier molecular flexibility index (Phi) is 50.1. The first-order valence-corrected chi connectivity index (χ1v) is 26.5. The molecule has 0 aromatic heterocycles. The van der Waals surface area contributed by atoms with Crippen molar-refractivity contribution in [1.29, 1.82) is 0 Å². The van der Waals surface area contributed by atoms with E-state index in [1.165, 1.54) is 32.1 Å². The van der Waals surface area contributed by atoms with Crippen molar-refractivity contribution >= 4 is 17.9 Å². The van der Waals surface area contributed by atoms with E-state index in [-0.39, 0.29) is 31.1 Å². The third-order valence-corrected chi connectivity index (χ3v) is 10.5. The Morgan fingerprint density at radius 3 is 1.10 bits per heavy atom. The van der Waals surface area contributed by atoms with Crippen molar-refractivity contribution < 1.29 is 28.6 Å². The fourth-order valence-corrected chi connectivity index (χ4v) is 6.61. The zero-order chi connectivity index (χ0) is 48.6. The summed E-state index contributed by atoms with van der Waals surface area (Å²) in [5.74, 6) is -1.00. The van der Waals surface area contributed by atoms with Gasteiger partial charge in [-0.15, -0.1) is 0 Å². The highest BCUT2D eigenvalue weighted by Crippen LogP contribution is 2.13. The number of ether oxygens (including phenoxy) is 3. The van der Waals surface area contributed by atoms with E-state index in [1.807, 2.05) is 48.6 Å². The number of rotatable bonds is 45. The molecule has 0 fully saturated rings. The number of hydrogen-bond acceptors (Lipinski definition) is 6. The second-order valence-electron chi connectivity index (χ2n) is 16.9. The Morgan fingerprint density at radius 2 is 0.657 bits per heavy atom. The van der Waals surface area contributed by atoms with Gasteiger partial charge in [-0.3, -0.25) is 14.4 Å². The molecular weight excluding hydrogens is 829 g/mol. The van der Waals surface area contributed by atoms with Crippen LogP contribution >= 0.6 is 0 Å². The summed E-state index contributed by atoms with van der Waals surface area (Å²) in [6.45, 7) is 6.25. The summed E-state index contributed by atoms with van der Waals surface area (Å²) < 4.78 is 16.8. The van der Waals surface area contributed by atoms with Gasteiger partial charge in [-0.1, -0.05) is 231 Å². The van der Waals surface area contributed by atoms with Crippen molar-refractivity contribution in [3.63, 3.8) is 0 Å². The third-order valence-electron chi connectivity index (χ3n) is 10.5. The largest absolute Gasteiger partial charge is 0.462 e. The fourth-order valence-electron chi connectivity index (χ4n) is 6.61. The van der Waals surface area contributed by atoms with Crippen LogP contribution in [-0.2, 0) is 28.6 Å². The van der Waals surface area contributed by atoms with Crippen LogP contribution in [0.3, 0.4) is 0 Å². The maximum atomic E-state index is 12.8. The molecule has 0 amide bonds. The normalized spacial score (nSPS) is 13.3. The third kappa shape index (κ3) is 52.1. The summed E-state index contributed by atoms with van der Waals surface area (Å²) >= 11 is 0. The van der Waals surface area contributed by atoms with E-state index in [0.29, 0.717) is 19.3 Å². The van der Waals surface area contributed by atoms with Crippen molar-refractivity contribution in [2.45, 2.75) is 207 Å². The van der Waals surface area contributed by atoms with E-state index >= 15 is 0 Å². The first-order valence-electron chi connectivity index (χ1n) is 26.5. The van der Waals surface area contributed by atoms with Crippen LogP contribution in [0.25, 0.3) is 0 Å². The Labute approximate surface area is 410 Å². The Balaban J connectivity index is 4.57. The minimum Gasteiger partial charge on any atom is -0.462 e. The first kappa shape index (κ1) is 62.3. The van der Waals surface area contributed by atoms with Crippen LogP contribution in [0.5, 0.6) is 0 Å². The summed E-state index contributed by atoms with van der Waals surface area (Å²) in [4.78, 5) is 38.1. The molecule has 0 aliphatic carbocycles. The first-order chi connectivity index (χ1) is 33.0. The maximum Gasteiger partial charge on any atom is 0.306 e. The van der Waals surface area contributed by atoms with E-state index < -0.39 is 6.10 Å². The highest BCUT2D eigenvalue weighted by atomic mass is 16.6. The smallest absolute Gasteiger partial charge is 0.306 e. The average Bonchev–Trinajstić information content (AvgIpc) is 3.33. The van der Waals surface area contributed by atoms with Crippen molar-refractivity contribution in [2.24, 2.45) is 0 Å². The summed E-state index contributed by atoms with van der Waals surface area (Å²) in [7, 11) is 0. The van der Waals surface area contributed by atoms with Gasteiger partial charge in [0.15, 0.2) is 6.10 Å². The number of esters is 3. The summed E-state index contributed by atoms with van der Waals surface area (Å²) in [5, 5.41) is 0. The molecule has 0 aromatic carbocycles. The predicted octanol–water partition coefficient (Wildman–Crippen LogP) is 17.6. The molecule has 0 radical (unpaired) electrons. The van der Waals surface area contributed by atoms with E-state index in [1.54, 1.807) is 0 Å². The summed E-state index contributed by atoms with van der Waals surface area (Å²) in [6.07, 6.45) is 76.8. The molecule has 0 aliphatic heterocycles. The van der Waals surface area contributed by atoms with Crippen molar-refractivity contribution in [1.82, 2.24) is 0 Å². The molecule has 0 aromatic rings. The van der Waals surface area contributed by atoms with Crippen LogP contribution in [0.4, 0.5) is 0 Å². The lowest BCUT2D eigenvalue weighted by molar-refractivity contribution is -0.167. The number of carbonyl (C=O) groups is 3. The van der Waals surface area contributed by atoms with Crippen LogP contribution < -0.4 is 0 Å². The van der Waals surface area contributed by atoms with Crippen molar-refractivity contribution in [3.8, 4) is 0 Å². The van der Waals surface area contributed by atoms with Crippen LogP contribution in [-0.4, -0.2) is 37.2 Å². The van der Waals surface area contributed by atoms with Crippen LogP contribution in [0.15, 0.2) is 146 Å². The summed E-state index contributed by atoms with van der Waals surface area (Å²) in [6, 6.07) is 0. The highest BCUT2D eigenvalue weighted by molar-refractivity contribution is 5.71. The molecule has 0 N–H and O–H groups in total. The SMILES string of the molecule is CC\C=C/C=C\C=C/C=C\C=C/CCCCCC(=O)OCC(COC(=O)CCCCCCC\C=C/C=C\C=C/C=C\CCCCC)OC(=O)CCCCCCCC/C=C\C/C=C\C/C=C\CC. The predicted molar refractivity (Wildman–Crippen MR) is 288 cm³/mol. The second-order valence-corrected chi connectivity index (χ2v) is 16.9. The van der Waals surface area contributed by atoms with Gasteiger partial charge in [0.1, 0.15) is 13.2 Å². The average molecular weight is 923 g/mol. The molecule has 67 heavy (non-hydrogen) atoms. The lowest BCUT2D eigenvalue weighted by Gasteiger charge is -2.18. The van der Waals surface area contributed by atoms with Gasteiger partial charge in [-0.2, -0.15) is 0 Å². The Bertz CT molecular complexity index is 1530. The lowest BCUT2D eigenvalue weighted by Crippen LogP contribution is -2.30. The fraction of sp³-hybridized carbons (Fsp3) is 0.557. The lowest BCUT2D eigenvalue weighted by atomic mass is 10.1. The standard InChI is InChI=1S/C61H94O6/c1-4-7-10-13-16-19-22-25-28-30-31-34-36-39-42-45-48-51-54-60(63)66-57-58(56-65-59(62)53-50-47-44-41-38-35-32-27-24-21-18-15-12-9-6-3)67-61(64)55-52-49-46-43-40-37-33-29-26-23-20-17-14-11-8-5-2/h8-9,11-12,15-22,24-32,34-35,38,58H,4-7,10,13-14,23,33,36-37,39-57H2,1-3H3/b11-8-,12-9-,18-15-,19-16-,20-17-,24-21-,25-22-,29-26-,30-28-,32-27-,34-31-,38-35-. The zero-order valence-electron chi connectivity index (χ0n) is 42.6. The van der Waals surface area contributed by atoms with Gasteiger partial charge in [-0.25, -0.2) is 0 Å². The van der Waals surface area contributed by atoms with E-state index in [9.17, 15) is 14.4 Å². The van der Waals surface area contributed by atoms with Crippen molar-refractivity contribution in [2.75, 3.05) is 13.2 Å². The van der Waals surface area contributed by atoms with Gasteiger partial charge < -0.3 is 14.2 Å². The van der Waals surface area contributed by atoms with Crippen LogP contribution in [0, 0.1) is 0 Å². The topological polar surface area (TPSA) is 78.9 Å². The molecule has 6 nitrogen and oxygen atoms in total. The highest BCUT2D eigenvalue weighted by Gasteiger charge is 2.19. The molecular formula is C61H94O6. The van der Waals surface area contributed by atoms with Gasteiger partial charge in [0.25, 0.3) is 0 Å². The second kappa shape index (κ2) is 53.9. The molecule has 0 aliphatic rings. The molecule has 6 heteroatoms. The van der Waals surface area contributed by atoms with Crippen molar-refractivity contribution in [3.05, 3.63) is 146 Å². The molecule has 374 valence electrons. The minimum atomic E-state index is -0.820. The number of unbranched alkanes of at least 4 members (excludes halogenated alkanes) is 17. The maximum absolute atomic E-state index is 12.8. The quantitative estimate of drug-likeness (QED) is 0.0199. The monoisotopic (exact) mass is 923 g/mol. The molecule has 0 spiro atoms. The van der Waals surface area contributed by atoms with E-state index in [0.717, 1.165) is 128 Å². The molecule has 0 rings (SSSR count). The number of carbonyl (C=O) groups excluding carboxylic acids is 3. The van der Waals surface area contributed by atoms with Gasteiger partial charge >= 0.3 is 17.9 Å². The molecule has 0 heterocycles. The number of allylic oxidation sites excluding steroid dienone is 24. The number of hydrogen-bond donors (Lipinski definition) is 0. The van der Waals surface area contributed by atoms with E-state index in [4.69, 9.17) is 14.2 Å². The summed E-state index contributed by atoms with van der Waals surface area (Å²) in [5.41, 5.74) is 0. The van der Waals surface area contributed by atoms with Gasteiger partial charge in [0, 0.05) is 19.3 Å². The molecule has 1 atom stereocenters. The minimum absolute atomic E-state index is 0.116. The molecule has 1 unspecified atom stereocenters. The van der Waals surface area contributed by atoms with Gasteiger partial charge in [0.05, 0.1) is 0 Å². The van der Waals surface area contributed by atoms with Gasteiger partial charge in [0.2, 0.25) is 0 Å². The van der Waals surface area contributed by atoms with Crippen LogP contribution in [0.2, 0.25) is 0 Å². The molecule has 0 saturated carbocycles. The van der Waals surface area contributed by atoms with Crippen LogP contribution in [0.1, 0.15) is 201 Å². The Morgan fingerprint density at radius 1 is 0.328 bits per heavy atom. The van der Waals surface area contributed by atoms with E-state index in [2.05, 4.69) is 118 Å². The Hall–Kier alpha value is -4.71.